The van der Waals surface area contributed by atoms with Crippen LogP contribution in [0.1, 0.15) is 5.56 Å². The van der Waals surface area contributed by atoms with Crippen LogP contribution in [0, 0.1) is 5.82 Å². The van der Waals surface area contributed by atoms with Crippen molar-refractivity contribution in [1.29, 1.82) is 0 Å². The highest BCUT2D eigenvalue weighted by Crippen LogP contribution is 2.23. The number of hydrogen-bond acceptors (Lipinski definition) is 5. The Labute approximate surface area is 116 Å². The summed E-state index contributed by atoms with van der Waals surface area (Å²) in [5, 5.41) is 20.0. The Kier molecular flexibility index (Phi) is 4.33. The fraction of sp³-hybridized carbons (Fsp3) is 0.200. The number of tetrazole rings is 1. The molecule has 1 N–H and O–H groups in total. The topological polar surface area (TPSA) is 80.9 Å². The number of carboxylic acid groups (broad SMARTS) is 1. The zero-order valence-electron chi connectivity index (χ0n) is 9.45. The number of benzene rings is 1. The summed E-state index contributed by atoms with van der Waals surface area (Å²) in [5.41, 5.74) is 0.405. The third kappa shape index (κ3) is 3.65. The number of carbonyl (C=O) groups is 1. The van der Waals surface area contributed by atoms with E-state index in [1.165, 1.54) is 18.2 Å². The highest BCUT2D eigenvalue weighted by atomic mass is 35.5. The number of hydrogen-bond donors (Lipinski definition) is 1. The van der Waals surface area contributed by atoms with Crippen LogP contribution in [0.15, 0.2) is 23.4 Å². The van der Waals surface area contributed by atoms with E-state index in [9.17, 15) is 9.18 Å². The third-order valence-corrected chi connectivity index (χ3v) is 3.39. The highest BCUT2D eigenvalue weighted by Gasteiger charge is 2.11. The average molecular weight is 303 g/mol. The van der Waals surface area contributed by atoms with Crippen molar-refractivity contribution in [3.05, 3.63) is 34.6 Å². The molecule has 0 unspecified atom stereocenters. The van der Waals surface area contributed by atoms with E-state index in [1.54, 1.807) is 0 Å². The lowest BCUT2D eigenvalue weighted by molar-refractivity contribution is -0.138. The maximum atomic E-state index is 13.5. The molecule has 0 radical (unpaired) electrons. The Bertz CT molecular complexity index is 607. The molecule has 2 rings (SSSR count). The van der Waals surface area contributed by atoms with Gasteiger partial charge >= 0.3 is 5.97 Å². The molecule has 9 heteroatoms. The Morgan fingerprint density at radius 3 is 3.05 bits per heavy atom. The van der Waals surface area contributed by atoms with Gasteiger partial charge in [-0.3, -0.25) is 4.79 Å². The SMILES string of the molecule is O=C(O)Cn1nnnc1SCc1cc(Cl)ccc1F. The van der Waals surface area contributed by atoms with Crippen molar-refractivity contribution in [2.45, 2.75) is 17.5 Å². The normalized spacial score (nSPS) is 10.6. The molecule has 100 valence electrons. The van der Waals surface area contributed by atoms with E-state index in [2.05, 4.69) is 15.5 Å². The summed E-state index contributed by atoms with van der Waals surface area (Å²) in [7, 11) is 0. The van der Waals surface area contributed by atoms with Gasteiger partial charge in [-0.25, -0.2) is 9.07 Å². The zero-order valence-corrected chi connectivity index (χ0v) is 11.0. The number of aromatic nitrogens is 4. The molecule has 0 aliphatic heterocycles. The van der Waals surface area contributed by atoms with Crippen LogP contribution in [0.5, 0.6) is 0 Å². The number of rotatable bonds is 5. The summed E-state index contributed by atoms with van der Waals surface area (Å²) < 4.78 is 14.6. The van der Waals surface area contributed by atoms with E-state index < -0.39 is 5.97 Å². The van der Waals surface area contributed by atoms with Crippen LogP contribution in [0.3, 0.4) is 0 Å². The van der Waals surface area contributed by atoms with Gasteiger partial charge in [0.15, 0.2) is 0 Å². The van der Waals surface area contributed by atoms with E-state index in [4.69, 9.17) is 16.7 Å². The lowest BCUT2D eigenvalue weighted by atomic mass is 10.2. The number of thioether (sulfide) groups is 1. The summed E-state index contributed by atoms with van der Waals surface area (Å²) in [6.45, 7) is -0.340. The Hall–Kier alpha value is -1.67. The summed E-state index contributed by atoms with van der Waals surface area (Å²) in [6, 6.07) is 4.24. The summed E-state index contributed by atoms with van der Waals surface area (Å²) >= 11 is 6.91. The van der Waals surface area contributed by atoms with E-state index >= 15 is 0 Å². The van der Waals surface area contributed by atoms with E-state index in [-0.39, 0.29) is 18.1 Å². The monoisotopic (exact) mass is 302 g/mol. The van der Waals surface area contributed by atoms with Crippen LogP contribution in [-0.4, -0.2) is 31.3 Å². The van der Waals surface area contributed by atoms with Crippen molar-refractivity contribution in [2.24, 2.45) is 0 Å². The predicted octanol–water partition coefficient (Wildman–Crippen LogP) is 1.84. The third-order valence-electron chi connectivity index (χ3n) is 2.15. The van der Waals surface area contributed by atoms with Gasteiger partial charge in [-0.2, -0.15) is 0 Å². The first-order valence-electron chi connectivity index (χ1n) is 5.11. The molecular formula is C10H8ClFN4O2S. The molecule has 0 spiro atoms. The Morgan fingerprint density at radius 2 is 2.32 bits per heavy atom. The molecule has 0 saturated heterocycles. The predicted molar refractivity (Wildman–Crippen MR) is 66.4 cm³/mol. The molecule has 6 nitrogen and oxygen atoms in total. The summed E-state index contributed by atoms with van der Waals surface area (Å²) in [4.78, 5) is 10.6. The van der Waals surface area contributed by atoms with Crippen LogP contribution >= 0.6 is 23.4 Å². The molecule has 2 aromatic rings. The molecule has 0 atom stereocenters. The van der Waals surface area contributed by atoms with Crippen LogP contribution in [0.25, 0.3) is 0 Å². The number of halogens is 2. The van der Waals surface area contributed by atoms with Gasteiger partial charge in [0.05, 0.1) is 0 Å². The fourth-order valence-electron chi connectivity index (χ4n) is 1.32. The minimum atomic E-state index is -1.05. The average Bonchev–Trinajstić information content (AvgIpc) is 2.77. The maximum absolute atomic E-state index is 13.5. The summed E-state index contributed by atoms with van der Waals surface area (Å²) in [5.74, 6) is -1.18. The second kappa shape index (κ2) is 5.98. The minimum Gasteiger partial charge on any atom is -0.480 e. The minimum absolute atomic E-state index is 0.256. The van der Waals surface area contributed by atoms with Crippen molar-refractivity contribution < 1.29 is 14.3 Å². The van der Waals surface area contributed by atoms with E-state index in [0.29, 0.717) is 15.7 Å². The van der Waals surface area contributed by atoms with Gasteiger partial charge < -0.3 is 5.11 Å². The Balaban J connectivity index is 2.08. The van der Waals surface area contributed by atoms with Gasteiger partial charge in [-0.05, 0) is 34.2 Å². The van der Waals surface area contributed by atoms with Gasteiger partial charge in [0.1, 0.15) is 12.4 Å². The molecule has 0 bridgehead atoms. The molecule has 0 aliphatic rings. The molecule has 1 aromatic heterocycles. The van der Waals surface area contributed by atoms with Gasteiger partial charge in [-0.1, -0.05) is 23.4 Å². The van der Waals surface area contributed by atoms with Crippen molar-refractivity contribution in [2.75, 3.05) is 0 Å². The van der Waals surface area contributed by atoms with Gasteiger partial charge in [-0.15, -0.1) is 5.10 Å². The first-order chi connectivity index (χ1) is 9.06. The number of carboxylic acids is 1. The second-order valence-electron chi connectivity index (χ2n) is 3.54. The lowest BCUT2D eigenvalue weighted by Crippen LogP contribution is -2.11. The lowest BCUT2D eigenvalue weighted by Gasteiger charge is -2.03. The quantitative estimate of drug-likeness (QED) is 0.849. The second-order valence-corrected chi connectivity index (χ2v) is 4.92. The molecule has 1 heterocycles. The van der Waals surface area contributed by atoms with Crippen molar-refractivity contribution in [1.82, 2.24) is 20.2 Å². The van der Waals surface area contributed by atoms with Crippen molar-refractivity contribution in [3.63, 3.8) is 0 Å². The molecule has 0 fully saturated rings. The fourth-order valence-corrected chi connectivity index (χ4v) is 2.37. The van der Waals surface area contributed by atoms with Gasteiger partial charge in [0.2, 0.25) is 5.16 Å². The molecular weight excluding hydrogens is 295 g/mol. The smallest absolute Gasteiger partial charge is 0.325 e. The molecule has 0 amide bonds. The first kappa shape index (κ1) is 13.8. The molecule has 19 heavy (non-hydrogen) atoms. The summed E-state index contributed by atoms with van der Waals surface area (Å²) in [6.07, 6.45) is 0. The standard InChI is InChI=1S/C10H8ClFN4O2S/c11-7-1-2-8(12)6(3-7)5-19-10-13-14-15-16(10)4-9(17)18/h1-3H,4-5H2,(H,17,18). The molecule has 0 saturated carbocycles. The molecule has 0 aliphatic carbocycles. The van der Waals surface area contributed by atoms with Gasteiger partial charge in [0.25, 0.3) is 0 Å². The maximum Gasteiger partial charge on any atom is 0.325 e. The molecule has 1 aromatic carbocycles. The van der Waals surface area contributed by atoms with Crippen molar-refractivity contribution in [3.8, 4) is 0 Å². The van der Waals surface area contributed by atoms with Crippen LogP contribution < -0.4 is 0 Å². The highest BCUT2D eigenvalue weighted by molar-refractivity contribution is 7.98. The van der Waals surface area contributed by atoms with Crippen LogP contribution in [0.2, 0.25) is 5.02 Å². The largest absolute Gasteiger partial charge is 0.480 e. The van der Waals surface area contributed by atoms with Crippen LogP contribution in [0.4, 0.5) is 4.39 Å². The number of nitrogens with zero attached hydrogens (tertiary/aromatic N) is 4. The zero-order chi connectivity index (χ0) is 13.8. The first-order valence-corrected chi connectivity index (χ1v) is 6.47. The Morgan fingerprint density at radius 1 is 1.53 bits per heavy atom. The van der Waals surface area contributed by atoms with E-state index in [1.807, 2.05) is 0 Å². The number of aliphatic carboxylic acids is 1. The van der Waals surface area contributed by atoms with Crippen LogP contribution in [-0.2, 0) is 17.1 Å². The van der Waals surface area contributed by atoms with Gasteiger partial charge in [0, 0.05) is 10.8 Å². The van der Waals surface area contributed by atoms with E-state index in [0.717, 1.165) is 16.4 Å². The van der Waals surface area contributed by atoms with Crippen molar-refractivity contribution >= 4 is 29.3 Å².